The van der Waals surface area contributed by atoms with E-state index >= 15 is 0 Å². The molecule has 162 valence electrons. The average Bonchev–Trinajstić information content (AvgIpc) is 2.64. The molecule has 1 amide bonds. The number of rotatable bonds is 4. The summed E-state index contributed by atoms with van der Waals surface area (Å²) in [6.07, 6.45) is 5.10. The molecule has 6 N–H and O–H groups in total. The van der Waals surface area contributed by atoms with Crippen molar-refractivity contribution in [2.24, 2.45) is 23.5 Å². The van der Waals surface area contributed by atoms with Gasteiger partial charge in [-0.05, 0) is 37.2 Å². The van der Waals surface area contributed by atoms with E-state index in [0.29, 0.717) is 6.42 Å². The van der Waals surface area contributed by atoms with Crippen molar-refractivity contribution >= 4 is 17.5 Å². The van der Waals surface area contributed by atoms with E-state index < -0.39 is 52.0 Å². The Hall–Kier alpha value is -2.87. The molecule has 0 bridgehead atoms. The molecule has 1 fully saturated rings. The van der Waals surface area contributed by atoms with Gasteiger partial charge in [-0.3, -0.25) is 14.4 Å². The number of hydrogen-bond acceptors (Lipinski definition) is 7. The van der Waals surface area contributed by atoms with Crippen molar-refractivity contribution in [2.75, 3.05) is 0 Å². The zero-order valence-corrected chi connectivity index (χ0v) is 17.0. The molecule has 8 nitrogen and oxygen atoms in total. The highest BCUT2D eigenvalue weighted by Gasteiger charge is 2.60. The molecule has 0 aromatic rings. The van der Waals surface area contributed by atoms with Gasteiger partial charge in [0.05, 0.1) is 0 Å². The van der Waals surface area contributed by atoms with Gasteiger partial charge in [0.1, 0.15) is 22.9 Å². The van der Waals surface area contributed by atoms with Crippen LogP contribution in [0.2, 0.25) is 0 Å². The van der Waals surface area contributed by atoms with E-state index in [9.17, 15) is 34.8 Å². The summed E-state index contributed by atoms with van der Waals surface area (Å²) in [5.74, 6) is -6.24. The van der Waals surface area contributed by atoms with E-state index in [1.165, 1.54) is 6.08 Å². The Labute approximate surface area is 174 Å². The molecule has 0 heterocycles. The number of aliphatic hydroxyl groups excluding tert-OH is 3. The number of ketones is 2. The van der Waals surface area contributed by atoms with Crippen molar-refractivity contribution in [2.45, 2.75) is 51.6 Å². The quantitative estimate of drug-likeness (QED) is 0.346. The van der Waals surface area contributed by atoms with Crippen LogP contribution in [0, 0.1) is 17.8 Å². The number of Topliss-reactive ketones (excluding diaryl/α,β-unsaturated/α-hetero) is 2. The predicted molar refractivity (Wildman–Crippen MR) is 107 cm³/mol. The third-order valence-corrected chi connectivity index (χ3v) is 6.36. The van der Waals surface area contributed by atoms with Gasteiger partial charge in [-0.15, -0.1) is 0 Å². The van der Waals surface area contributed by atoms with Crippen LogP contribution < -0.4 is 5.73 Å². The van der Waals surface area contributed by atoms with Crippen LogP contribution in [0.25, 0.3) is 0 Å². The van der Waals surface area contributed by atoms with Crippen LogP contribution in [0.15, 0.2) is 46.1 Å². The molecule has 3 rings (SSSR count). The fourth-order valence-electron chi connectivity index (χ4n) is 4.91. The fourth-order valence-corrected chi connectivity index (χ4v) is 4.91. The van der Waals surface area contributed by atoms with E-state index in [2.05, 4.69) is 0 Å². The molecule has 0 aromatic heterocycles. The van der Waals surface area contributed by atoms with Crippen molar-refractivity contribution in [1.82, 2.24) is 0 Å². The lowest BCUT2D eigenvalue weighted by atomic mass is 9.58. The Bertz CT molecular complexity index is 939. The summed E-state index contributed by atoms with van der Waals surface area (Å²) in [6, 6.07) is 0. The third-order valence-electron chi connectivity index (χ3n) is 6.36. The number of nitrogens with two attached hydrogens (primary N) is 1. The summed E-state index contributed by atoms with van der Waals surface area (Å²) in [5, 5.41) is 43.0. The van der Waals surface area contributed by atoms with Crippen molar-refractivity contribution in [3.8, 4) is 0 Å². The number of primary amides is 1. The average molecular weight is 417 g/mol. The monoisotopic (exact) mass is 417 g/mol. The maximum absolute atomic E-state index is 13.3. The minimum Gasteiger partial charge on any atom is -0.508 e. The Kier molecular flexibility index (Phi) is 5.64. The smallest absolute Gasteiger partial charge is 0.255 e. The molecular weight excluding hydrogens is 390 g/mol. The summed E-state index contributed by atoms with van der Waals surface area (Å²) in [6.45, 7) is 3.79. The molecule has 0 saturated heterocycles. The second-order valence-electron chi connectivity index (χ2n) is 8.33. The van der Waals surface area contributed by atoms with Gasteiger partial charge in [-0.2, -0.15) is 0 Å². The van der Waals surface area contributed by atoms with Crippen molar-refractivity contribution in [3.63, 3.8) is 0 Å². The molecule has 0 spiro atoms. The summed E-state index contributed by atoms with van der Waals surface area (Å²) in [4.78, 5) is 37.2. The molecule has 8 heteroatoms. The number of carbonyl (C=O) groups is 3. The van der Waals surface area contributed by atoms with Gasteiger partial charge in [0.2, 0.25) is 5.78 Å². The maximum Gasteiger partial charge on any atom is 0.255 e. The predicted octanol–water partition coefficient (Wildman–Crippen LogP) is 2.21. The van der Waals surface area contributed by atoms with Crippen molar-refractivity contribution in [1.29, 1.82) is 0 Å². The zero-order valence-electron chi connectivity index (χ0n) is 17.0. The van der Waals surface area contributed by atoms with Crippen molar-refractivity contribution < 1.29 is 34.8 Å². The first-order valence-electron chi connectivity index (χ1n) is 10.1. The molecule has 0 radical (unpaired) electrons. The van der Waals surface area contributed by atoms with Gasteiger partial charge >= 0.3 is 0 Å². The number of amides is 1. The number of aliphatic hydroxyl groups is 4. The van der Waals surface area contributed by atoms with E-state index in [1.807, 2.05) is 13.8 Å². The molecule has 30 heavy (non-hydrogen) atoms. The molecular formula is C22H27NO7. The van der Waals surface area contributed by atoms with Gasteiger partial charge < -0.3 is 26.2 Å². The Morgan fingerprint density at radius 2 is 1.93 bits per heavy atom. The van der Waals surface area contributed by atoms with Crippen LogP contribution in [0.4, 0.5) is 0 Å². The zero-order chi connectivity index (χ0) is 22.4. The van der Waals surface area contributed by atoms with E-state index in [-0.39, 0.29) is 35.7 Å². The highest BCUT2D eigenvalue weighted by atomic mass is 16.3. The van der Waals surface area contributed by atoms with Crippen molar-refractivity contribution in [3.05, 3.63) is 46.1 Å². The molecule has 4 atom stereocenters. The van der Waals surface area contributed by atoms with E-state index in [1.54, 1.807) is 6.08 Å². The van der Waals surface area contributed by atoms with Crippen LogP contribution in [-0.4, -0.2) is 43.5 Å². The number of carbonyl (C=O) groups excluding carboxylic acids is 3. The molecule has 1 saturated carbocycles. The number of unbranched alkanes of at least 4 members (excludes halogenated alkanes) is 1. The molecule has 1 unspecified atom stereocenters. The number of hydrogen-bond donors (Lipinski definition) is 5. The largest absolute Gasteiger partial charge is 0.508 e. The normalized spacial score (nSPS) is 33.6. The Morgan fingerprint density at radius 1 is 1.27 bits per heavy atom. The van der Waals surface area contributed by atoms with Gasteiger partial charge in [0, 0.05) is 23.5 Å². The molecule has 0 aliphatic heterocycles. The van der Waals surface area contributed by atoms with Crippen LogP contribution in [-0.2, 0) is 14.4 Å². The van der Waals surface area contributed by atoms with Crippen LogP contribution >= 0.6 is 0 Å². The van der Waals surface area contributed by atoms with Crippen LogP contribution in [0.5, 0.6) is 0 Å². The summed E-state index contributed by atoms with van der Waals surface area (Å²) < 4.78 is 0. The van der Waals surface area contributed by atoms with E-state index in [4.69, 9.17) is 5.73 Å². The third kappa shape index (κ3) is 3.15. The topological polar surface area (TPSA) is 158 Å². The molecule has 0 aromatic carbocycles. The molecule has 3 aliphatic rings. The van der Waals surface area contributed by atoms with Gasteiger partial charge in [-0.1, -0.05) is 26.3 Å². The maximum atomic E-state index is 13.3. The number of fused-ring (bicyclic) bond motifs is 2. The first kappa shape index (κ1) is 21.8. The first-order chi connectivity index (χ1) is 14.0. The Morgan fingerprint density at radius 3 is 2.53 bits per heavy atom. The minimum absolute atomic E-state index is 0.109. The number of allylic oxidation sites excluding steroid dienone is 3. The lowest BCUT2D eigenvalue weighted by molar-refractivity contribution is -0.148. The summed E-state index contributed by atoms with van der Waals surface area (Å²) >= 11 is 0. The second kappa shape index (κ2) is 7.75. The highest BCUT2D eigenvalue weighted by molar-refractivity contribution is 6.22. The minimum atomic E-state index is -2.52. The van der Waals surface area contributed by atoms with Gasteiger partial charge in [0.25, 0.3) is 5.91 Å². The second-order valence-corrected chi connectivity index (χ2v) is 8.33. The van der Waals surface area contributed by atoms with Gasteiger partial charge in [-0.25, -0.2) is 0 Å². The SMILES string of the molecule is CCC/C=C\C(O)=C1\C(O)=C2C(=O)[C@]3(O)C(O)=C(C(N)=O)C(=O)C[C@@H]3C[C@@H]2CC1C. The highest BCUT2D eigenvalue weighted by Crippen LogP contribution is 2.52. The standard InChI is InChI=1S/C22H27NO7/c1-3-4-5-6-13(24)15-10(2)7-11-8-12-9-14(25)17(21(23)29)20(28)22(12,30)19(27)16(11)18(15)26/h5-6,10-12,24,26,28,30H,3-4,7-9H2,1-2H3,(H2,23,29)/b6-5-,15-13-/t10?,11-,12-,22-/m0/s1. The fraction of sp³-hybridized carbons (Fsp3) is 0.500. The van der Waals surface area contributed by atoms with E-state index in [0.717, 1.165) is 12.8 Å². The molecule has 3 aliphatic carbocycles. The van der Waals surface area contributed by atoms with Crippen LogP contribution in [0.1, 0.15) is 46.0 Å². The lowest BCUT2D eigenvalue weighted by Gasteiger charge is -2.46. The first-order valence-corrected chi connectivity index (χ1v) is 10.1. The Balaban J connectivity index is 2.16. The summed E-state index contributed by atoms with van der Waals surface area (Å²) in [5.41, 5.74) is 1.94. The van der Waals surface area contributed by atoms with Gasteiger partial charge in [0.15, 0.2) is 11.4 Å². The lowest BCUT2D eigenvalue weighted by Crippen LogP contribution is -2.58. The van der Waals surface area contributed by atoms with Crippen LogP contribution in [0.3, 0.4) is 0 Å². The summed E-state index contributed by atoms with van der Waals surface area (Å²) in [7, 11) is 0.